The van der Waals surface area contributed by atoms with E-state index in [2.05, 4.69) is 24.5 Å². The van der Waals surface area contributed by atoms with Crippen molar-refractivity contribution in [3.63, 3.8) is 0 Å². The molecule has 4 heteroatoms. The molecule has 2 rings (SSSR count). The Kier molecular flexibility index (Phi) is 4.48. The van der Waals surface area contributed by atoms with Gasteiger partial charge in [-0.3, -0.25) is 4.79 Å². The average molecular weight is 281 g/mol. The third-order valence-corrected chi connectivity index (χ3v) is 3.86. The van der Waals surface area contributed by atoms with Crippen molar-refractivity contribution in [3.8, 4) is 0 Å². The Bertz CT molecular complexity index is 459. The van der Waals surface area contributed by atoms with Crippen molar-refractivity contribution in [3.05, 3.63) is 29.3 Å². The molecule has 1 aliphatic rings. The maximum atomic E-state index is 11.8. The largest absolute Gasteiger partial charge is 0.325 e. The second-order valence-electron chi connectivity index (χ2n) is 6.04. The van der Waals surface area contributed by atoms with E-state index in [0.717, 1.165) is 18.5 Å². The SMILES string of the molecule is CC1(C)CCC(NCC(=O)Nc2cccc(Cl)c2)C1. The summed E-state index contributed by atoms with van der Waals surface area (Å²) in [4.78, 5) is 11.8. The predicted molar refractivity (Wildman–Crippen MR) is 79.5 cm³/mol. The lowest BCUT2D eigenvalue weighted by Crippen LogP contribution is -2.35. The molecule has 1 aromatic carbocycles. The Morgan fingerprint density at radius 2 is 2.26 bits per heavy atom. The van der Waals surface area contributed by atoms with Crippen LogP contribution in [0.2, 0.25) is 5.02 Å². The maximum absolute atomic E-state index is 11.8. The van der Waals surface area contributed by atoms with E-state index in [1.54, 1.807) is 12.1 Å². The van der Waals surface area contributed by atoms with Crippen LogP contribution in [0.15, 0.2) is 24.3 Å². The number of halogens is 1. The van der Waals surface area contributed by atoms with E-state index in [1.807, 2.05) is 12.1 Å². The Hall–Kier alpha value is -1.06. The highest BCUT2D eigenvalue weighted by Gasteiger charge is 2.30. The van der Waals surface area contributed by atoms with Crippen molar-refractivity contribution in [2.45, 2.75) is 39.2 Å². The predicted octanol–water partition coefficient (Wildman–Crippen LogP) is 3.45. The number of benzene rings is 1. The van der Waals surface area contributed by atoms with Crippen molar-refractivity contribution in [2.24, 2.45) is 5.41 Å². The lowest BCUT2D eigenvalue weighted by atomic mass is 9.92. The fourth-order valence-corrected chi connectivity index (χ4v) is 2.81. The van der Waals surface area contributed by atoms with E-state index in [-0.39, 0.29) is 5.91 Å². The van der Waals surface area contributed by atoms with Gasteiger partial charge in [0.05, 0.1) is 6.54 Å². The van der Waals surface area contributed by atoms with Crippen LogP contribution in [0, 0.1) is 5.41 Å². The van der Waals surface area contributed by atoms with E-state index < -0.39 is 0 Å². The number of carbonyl (C=O) groups is 1. The Balaban J connectivity index is 1.76. The van der Waals surface area contributed by atoms with Gasteiger partial charge in [0, 0.05) is 16.8 Å². The lowest BCUT2D eigenvalue weighted by molar-refractivity contribution is -0.115. The second kappa shape index (κ2) is 5.93. The highest BCUT2D eigenvalue weighted by atomic mass is 35.5. The van der Waals surface area contributed by atoms with Gasteiger partial charge >= 0.3 is 0 Å². The third kappa shape index (κ3) is 4.51. The molecule has 0 heterocycles. The van der Waals surface area contributed by atoms with Gasteiger partial charge in [-0.2, -0.15) is 0 Å². The van der Waals surface area contributed by atoms with E-state index >= 15 is 0 Å². The first-order valence-corrected chi connectivity index (χ1v) is 7.11. The smallest absolute Gasteiger partial charge is 0.238 e. The second-order valence-corrected chi connectivity index (χ2v) is 6.48. The molecule has 19 heavy (non-hydrogen) atoms. The summed E-state index contributed by atoms with van der Waals surface area (Å²) in [6, 6.07) is 7.65. The molecule has 1 amide bonds. The number of amides is 1. The third-order valence-electron chi connectivity index (χ3n) is 3.63. The number of carbonyl (C=O) groups excluding carboxylic acids is 1. The van der Waals surface area contributed by atoms with Crippen molar-refractivity contribution in [1.82, 2.24) is 5.32 Å². The van der Waals surface area contributed by atoms with Crippen molar-refractivity contribution in [2.75, 3.05) is 11.9 Å². The normalized spacial score (nSPS) is 21.3. The van der Waals surface area contributed by atoms with Crippen LogP contribution in [0.5, 0.6) is 0 Å². The fraction of sp³-hybridized carbons (Fsp3) is 0.533. The topological polar surface area (TPSA) is 41.1 Å². The Morgan fingerprint density at radius 1 is 1.47 bits per heavy atom. The molecular formula is C15H21ClN2O. The van der Waals surface area contributed by atoms with E-state index in [1.165, 1.54) is 6.42 Å². The first-order valence-electron chi connectivity index (χ1n) is 6.73. The van der Waals surface area contributed by atoms with Crippen LogP contribution >= 0.6 is 11.6 Å². The molecule has 0 spiro atoms. The first-order chi connectivity index (χ1) is 8.94. The summed E-state index contributed by atoms with van der Waals surface area (Å²) < 4.78 is 0. The maximum Gasteiger partial charge on any atom is 0.238 e. The summed E-state index contributed by atoms with van der Waals surface area (Å²) >= 11 is 5.87. The minimum atomic E-state index is -0.0213. The van der Waals surface area contributed by atoms with Gasteiger partial charge in [0.2, 0.25) is 5.91 Å². The summed E-state index contributed by atoms with van der Waals surface area (Å²) in [6.07, 6.45) is 3.51. The van der Waals surface area contributed by atoms with Gasteiger partial charge in [-0.25, -0.2) is 0 Å². The molecule has 0 aromatic heterocycles. The molecule has 0 radical (unpaired) electrons. The van der Waals surface area contributed by atoms with Gasteiger partial charge in [-0.1, -0.05) is 31.5 Å². The molecule has 1 fully saturated rings. The first kappa shape index (κ1) is 14.4. The molecule has 0 aliphatic heterocycles. The molecule has 0 saturated heterocycles. The minimum absolute atomic E-state index is 0.0213. The summed E-state index contributed by atoms with van der Waals surface area (Å²) in [5.41, 5.74) is 1.15. The van der Waals surface area contributed by atoms with Gasteiger partial charge < -0.3 is 10.6 Å². The number of anilines is 1. The minimum Gasteiger partial charge on any atom is -0.325 e. The standard InChI is InChI=1S/C15H21ClN2O/c1-15(2)7-6-13(9-15)17-10-14(19)18-12-5-3-4-11(16)8-12/h3-5,8,13,17H,6-7,9-10H2,1-2H3,(H,18,19). The van der Waals surface area contributed by atoms with E-state index in [9.17, 15) is 4.79 Å². The highest BCUT2D eigenvalue weighted by Crippen LogP contribution is 2.36. The van der Waals surface area contributed by atoms with Gasteiger partial charge in [-0.05, 0) is 42.9 Å². The Morgan fingerprint density at radius 3 is 2.89 bits per heavy atom. The van der Waals surface area contributed by atoms with Crippen molar-refractivity contribution < 1.29 is 4.79 Å². The number of hydrogen-bond acceptors (Lipinski definition) is 2. The van der Waals surface area contributed by atoms with Crippen LogP contribution in [0.25, 0.3) is 0 Å². The van der Waals surface area contributed by atoms with Crippen LogP contribution in [-0.4, -0.2) is 18.5 Å². The number of hydrogen-bond donors (Lipinski definition) is 2. The van der Waals surface area contributed by atoms with Crippen LogP contribution in [0.3, 0.4) is 0 Å². The van der Waals surface area contributed by atoms with Gasteiger partial charge in [0.1, 0.15) is 0 Å². The summed E-state index contributed by atoms with van der Waals surface area (Å²) in [6.45, 7) is 4.91. The number of rotatable bonds is 4. The van der Waals surface area contributed by atoms with Crippen LogP contribution in [0.4, 0.5) is 5.69 Å². The zero-order chi connectivity index (χ0) is 13.9. The van der Waals surface area contributed by atoms with Crippen LogP contribution < -0.4 is 10.6 Å². The van der Waals surface area contributed by atoms with Crippen molar-refractivity contribution >= 4 is 23.2 Å². The average Bonchev–Trinajstić information content (AvgIpc) is 2.66. The number of nitrogens with one attached hydrogen (secondary N) is 2. The monoisotopic (exact) mass is 280 g/mol. The molecule has 2 N–H and O–H groups in total. The van der Waals surface area contributed by atoms with Gasteiger partial charge in [0.15, 0.2) is 0 Å². The van der Waals surface area contributed by atoms with E-state index in [4.69, 9.17) is 11.6 Å². The van der Waals surface area contributed by atoms with Gasteiger partial charge in [-0.15, -0.1) is 0 Å². The molecule has 3 nitrogen and oxygen atoms in total. The molecule has 1 saturated carbocycles. The molecule has 1 aromatic rings. The summed E-state index contributed by atoms with van der Waals surface area (Å²) in [5, 5.41) is 6.80. The molecule has 1 unspecified atom stereocenters. The fourth-order valence-electron chi connectivity index (χ4n) is 2.62. The molecular weight excluding hydrogens is 260 g/mol. The highest BCUT2D eigenvalue weighted by molar-refractivity contribution is 6.30. The molecule has 104 valence electrons. The van der Waals surface area contributed by atoms with Crippen LogP contribution in [0.1, 0.15) is 33.1 Å². The van der Waals surface area contributed by atoms with Crippen molar-refractivity contribution in [1.29, 1.82) is 0 Å². The molecule has 1 atom stereocenters. The summed E-state index contributed by atoms with van der Waals surface area (Å²) in [7, 11) is 0. The lowest BCUT2D eigenvalue weighted by Gasteiger charge is -2.17. The summed E-state index contributed by atoms with van der Waals surface area (Å²) in [5.74, 6) is -0.0213. The van der Waals surface area contributed by atoms with Gasteiger partial charge in [0.25, 0.3) is 0 Å². The zero-order valence-electron chi connectivity index (χ0n) is 11.5. The molecule has 0 bridgehead atoms. The quantitative estimate of drug-likeness (QED) is 0.887. The molecule has 1 aliphatic carbocycles. The van der Waals surface area contributed by atoms with E-state index in [0.29, 0.717) is 23.0 Å². The Labute approximate surface area is 119 Å². The van der Waals surface area contributed by atoms with Crippen LogP contribution in [-0.2, 0) is 4.79 Å². The zero-order valence-corrected chi connectivity index (χ0v) is 12.3.